The van der Waals surface area contributed by atoms with Crippen LogP contribution >= 0.6 is 46.0 Å². The molecule has 8 heteroatoms. The van der Waals surface area contributed by atoms with Crippen molar-refractivity contribution < 1.29 is 0 Å². The van der Waals surface area contributed by atoms with Gasteiger partial charge in [0.05, 0.1) is 5.69 Å². The van der Waals surface area contributed by atoms with Crippen LogP contribution in [0.1, 0.15) is 19.0 Å². The lowest BCUT2D eigenvalue weighted by Crippen LogP contribution is -1.98. The zero-order valence-corrected chi connectivity index (χ0v) is 15.7. The second kappa shape index (κ2) is 8.10. The number of thiazole rings is 1. The fourth-order valence-corrected chi connectivity index (χ4v) is 4.53. The summed E-state index contributed by atoms with van der Waals surface area (Å²) >= 11 is 10.8. The smallest absolute Gasteiger partial charge is 0.206 e. The zero-order chi connectivity index (χ0) is 16.1. The van der Waals surface area contributed by atoms with Crippen molar-refractivity contribution in [1.82, 2.24) is 15.2 Å². The van der Waals surface area contributed by atoms with Crippen molar-refractivity contribution in [3.05, 3.63) is 40.4 Å². The molecule has 0 radical (unpaired) electrons. The SMILES string of the molecule is CCCNc1nnc(SCc2csc(-c3ccc(Cl)cc3)n2)s1. The zero-order valence-electron chi connectivity index (χ0n) is 12.5. The van der Waals surface area contributed by atoms with Gasteiger partial charge in [0, 0.05) is 28.3 Å². The predicted octanol–water partition coefficient (Wildman–Crippen LogP) is 5.43. The lowest BCUT2D eigenvalue weighted by atomic mass is 10.2. The molecule has 0 aliphatic rings. The van der Waals surface area contributed by atoms with Gasteiger partial charge in [-0.3, -0.25) is 0 Å². The third-order valence-electron chi connectivity index (χ3n) is 2.92. The van der Waals surface area contributed by atoms with Gasteiger partial charge in [0.1, 0.15) is 5.01 Å². The van der Waals surface area contributed by atoms with Crippen LogP contribution in [0.25, 0.3) is 10.6 Å². The number of rotatable bonds is 7. The molecule has 23 heavy (non-hydrogen) atoms. The Balaban J connectivity index is 1.58. The molecule has 3 rings (SSSR count). The van der Waals surface area contributed by atoms with Gasteiger partial charge in [0.2, 0.25) is 5.13 Å². The first-order valence-electron chi connectivity index (χ1n) is 7.15. The van der Waals surface area contributed by atoms with Crippen molar-refractivity contribution in [3.63, 3.8) is 0 Å². The van der Waals surface area contributed by atoms with E-state index < -0.39 is 0 Å². The van der Waals surface area contributed by atoms with Crippen molar-refractivity contribution in [1.29, 1.82) is 0 Å². The number of anilines is 1. The standard InChI is InChI=1S/C15H15ClN4S3/c1-2-7-17-14-19-20-15(23-14)22-9-12-8-21-13(18-12)10-3-5-11(16)6-4-10/h3-6,8H,2,7,9H2,1H3,(H,17,19). The molecule has 120 valence electrons. The highest BCUT2D eigenvalue weighted by Crippen LogP contribution is 2.31. The van der Waals surface area contributed by atoms with Crippen LogP contribution in [0.2, 0.25) is 5.02 Å². The average Bonchev–Trinajstić information content (AvgIpc) is 3.21. The van der Waals surface area contributed by atoms with Crippen molar-refractivity contribution in [2.24, 2.45) is 0 Å². The van der Waals surface area contributed by atoms with Crippen LogP contribution in [-0.4, -0.2) is 21.7 Å². The molecule has 0 saturated heterocycles. The second-order valence-electron chi connectivity index (χ2n) is 4.74. The molecular weight excluding hydrogens is 368 g/mol. The average molecular weight is 383 g/mol. The van der Waals surface area contributed by atoms with E-state index in [0.29, 0.717) is 0 Å². The molecule has 2 heterocycles. The minimum Gasteiger partial charge on any atom is -0.360 e. The monoisotopic (exact) mass is 382 g/mol. The topological polar surface area (TPSA) is 50.7 Å². The van der Waals surface area contributed by atoms with Crippen LogP contribution in [0, 0.1) is 0 Å². The van der Waals surface area contributed by atoms with Gasteiger partial charge in [0.25, 0.3) is 0 Å². The van der Waals surface area contributed by atoms with E-state index in [0.717, 1.165) is 49.5 Å². The maximum absolute atomic E-state index is 5.92. The minimum absolute atomic E-state index is 0.741. The van der Waals surface area contributed by atoms with Gasteiger partial charge in [0.15, 0.2) is 4.34 Å². The number of nitrogens with one attached hydrogen (secondary N) is 1. The molecule has 0 fully saturated rings. The summed E-state index contributed by atoms with van der Waals surface area (Å²) in [4.78, 5) is 4.68. The number of hydrogen-bond acceptors (Lipinski definition) is 7. The van der Waals surface area contributed by atoms with Crippen LogP contribution in [-0.2, 0) is 5.75 Å². The van der Waals surface area contributed by atoms with Gasteiger partial charge in [-0.2, -0.15) is 0 Å². The lowest BCUT2D eigenvalue weighted by molar-refractivity contribution is 0.951. The number of benzene rings is 1. The number of aromatic nitrogens is 3. The molecule has 0 saturated carbocycles. The predicted molar refractivity (Wildman–Crippen MR) is 101 cm³/mol. The fourth-order valence-electron chi connectivity index (χ4n) is 1.81. The van der Waals surface area contributed by atoms with E-state index in [-0.39, 0.29) is 0 Å². The highest BCUT2D eigenvalue weighted by atomic mass is 35.5. The van der Waals surface area contributed by atoms with Crippen molar-refractivity contribution in [2.45, 2.75) is 23.4 Å². The molecule has 0 aliphatic heterocycles. The third kappa shape index (κ3) is 4.67. The van der Waals surface area contributed by atoms with E-state index >= 15 is 0 Å². The summed E-state index contributed by atoms with van der Waals surface area (Å²) in [5.74, 6) is 0.798. The minimum atomic E-state index is 0.741. The summed E-state index contributed by atoms with van der Waals surface area (Å²) < 4.78 is 0.963. The normalized spacial score (nSPS) is 10.9. The second-order valence-corrected chi connectivity index (χ2v) is 8.23. The van der Waals surface area contributed by atoms with Crippen LogP contribution in [0.15, 0.2) is 34.0 Å². The molecule has 0 bridgehead atoms. The molecular formula is C15H15ClN4S3. The molecule has 0 unspecified atom stereocenters. The Bertz CT molecular complexity index is 754. The number of hydrogen-bond donors (Lipinski definition) is 1. The molecule has 1 N–H and O–H groups in total. The summed E-state index contributed by atoms with van der Waals surface area (Å²) in [6.07, 6.45) is 1.08. The Morgan fingerprint density at radius 2 is 2.04 bits per heavy atom. The lowest BCUT2D eigenvalue weighted by Gasteiger charge is -1.96. The van der Waals surface area contributed by atoms with E-state index in [9.17, 15) is 0 Å². The molecule has 0 amide bonds. The van der Waals surface area contributed by atoms with E-state index in [2.05, 4.69) is 32.8 Å². The summed E-state index contributed by atoms with van der Waals surface area (Å²) in [5.41, 5.74) is 2.15. The first kappa shape index (κ1) is 16.7. The summed E-state index contributed by atoms with van der Waals surface area (Å²) in [7, 11) is 0. The molecule has 4 nitrogen and oxygen atoms in total. The Kier molecular flexibility index (Phi) is 5.88. The van der Waals surface area contributed by atoms with Gasteiger partial charge in [-0.15, -0.1) is 21.5 Å². The van der Waals surface area contributed by atoms with E-state index in [1.54, 1.807) is 34.4 Å². The maximum Gasteiger partial charge on any atom is 0.206 e. The molecule has 1 aromatic carbocycles. The van der Waals surface area contributed by atoms with Crippen molar-refractivity contribution in [2.75, 3.05) is 11.9 Å². The largest absolute Gasteiger partial charge is 0.360 e. The van der Waals surface area contributed by atoms with Crippen LogP contribution < -0.4 is 5.32 Å². The molecule has 3 aromatic rings. The van der Waals surface area contributed by atoms with E-state index in [1.807, 2.05) is 24.3 Å². The van der Waals surface area contributed by atoms with Gasteiger partial charge in [-0.25, -0.2) is 4.98 Å². The summed E-state index contributed by atoms with van der Waals surface area (Å²) in [6.45, 7) is 3.06. The van der Waals surface area contributed by atoms with Crippen LogP contribution in [0.5, 0.6) is 0 Å². The number of halogens is 1. The highest BCUT2D eigenvalue weighted by molar-refractivity contribution is 8.00. The molecule has 0 aliphatic carbocycles. The molecule has 0 atom stereocenters. The number of nitrogens with zero attached hydrogens (tertiary/aromatic N) is 3. The highest BCUT2D eigenvalue weighted by Gasteiger charge is 2.08. The van der Waals surface area contributed by atoms with Gasteiger partial charge >= 0.3 is 0 Å². The van der Waals surface area contributed by atoms with E-state index in [4.69, 9.17) is 11.6 Å². The third-order valence-corrected chi connectivity index (χ3v) is 6.16. The first-order valence-corrected chi connectivity index (χ1v) is 10.2. The van der Waals surface area contributed by atoms with Gasteiger partial charge in [-0.1, -0.05) is 53.8 Å². The Morgan fingerprint density at radius 1 is 1.22 bits per heavy atom. The van der Waals surface area contributed by atoms with Crippen molar-refractivity contribution >= 4 is 51.2 Å². The van der Waals surface area contributed by atoms with Gasteiger partial charge in [-0.05, 0) is 18.6 Å². The molecule has 0 spiro atoms. The summed E-state index contributed by atoms with van der Waals surface area (Å²) in [6, 6.07) is 7.76. The summed E-state index contributed by atoms with van der Waals surface area (Å²) in [5, 5.41) is 16.3. The Morgan fingerprint density at radius 3 is 2.83 bits per heavy atom. The first-order chi connectivity index (χ1) is 11.2. The fraction of sp³-hybridized carbons (Fsp3) is 0.267. The van der Waals surface area contributed by atoms with Crippen LogP contribution in [0.3, 0.4) is 0 Å². The van der Waals surface area contributed by atoms with Crippen LogP contribution in [0.4, 0.5) is 5.13 Å². The van der Waals surface area contributed by atoms with E-state index in [1.165, 1.54) is 0 Å². The quantitative estimate of drug-likeness (QED) is 0.552. The van der Waals surface area contributed by atoms with Gasteiger partial charge < -0.3 is 5.32 Å². The Labute approximate surface area is 152 Å². The molecule has 2 aromatic heterocycles. The van der Waals surface area contributed by atoms with Crippen molar-refractivity contribution in [3.8, 4) is 10.6 Å². The Hall–Kier alpha value is -1.15. The number of thioether (sulfide) groups is 1. The maximum atomic E-state index is 5.92.